The highest BCUT2D eigenvalue weighted by molar-refractivity contribution is 5.70. The average molecular weight is 376 g/mol. The number of piperidine rings is 1. The van der Waals surface area contributed by atoms with Crippen molar-refractivity contribution in [1.29, 1.82) is 0 Å². The van der Waals surface area contributed by atoms with E-state index in [0.29, 0.717) is 19.4 Å². The minimum Gasteiger partial charge on any atom is -0.469 e. The predicted octanol–water partition coefficient (Wildman–Crippen LogP) is 2.44. The minimum absolute atomic E-state index is 0.0758. The van der Waals surface area contributed by atoms with Gasteiger partial charge in [-0.1, -0.05) is 30.3 Å². The average Bonchev–Trinajstić information content (AvgIpc) is 2.93. The molecule has 2 heterocycles. The lowest BCUT2D eigenvalue weighted by molar-refractivity contribution is -0.141. The van der Waals surface area contributed by atoms with E-state index in [9.17, 15) is 9.59 Å². The molecular formula is C20H28N2O5. The molecule has 1 aromatic rings. The number of ether oxygens (including phenoxy) is 3. The molecule has 2 aliphatic heterocycles. The van der Waals surface area contributed by atoms with Gasteiger partial charge in [-0.25, -0.2) is 4.79 Å². The van der Waals surface area contributed by atoms with Crippen LogP contribution in [0.1, 0.15) is 38.7 Å². The third kappa shape index (κ3) is 4.59. The Balaban J connectivity index is 1.59. The number of hydrogen-bond donors (Lipinski definition) is 1. The smallest absolute Gasteiger partial charge is 0.412 e. The molecule has 1 N–H and O–H groups in total. The summed E-state index contributed by atoms with van der Waals surface area (Å²) >= 11 is 0. The Morgan fingerprint density at radius 3 is 2.74 bits per heavy atom. The normalized spacial score (nSPS) is 26.3. The number of nitrogens with one attached hydrogen (secondary N) is 1. The van der Waals surface area contributed by atoms with Gasteiger partial charge < -0.3 is 19.5 Å². The van der Waals surface area contributed by atoms with Crippen molar-refractivity contribution in [2.24, 2.45) is 0 Å². The summed E-state index contributed by atoms with van der Waals surface area (Å²) in [6, 6.07) is 9.70. The van der Waals surface area contributed by atoms with Gasteiger partial charge in [-0.05, 0) is 32.3 Å². The van der Waals surface area contributed by atoms with Gasteiger partial charge in [-0.3, -0.25) is 9.69 Å². The highest BCUT2D eigenvalue weighted by atomic mass is 16.6. The number of methoxy groups -OCH3 is 1. The van der Waals surface area contributed by atoms with Crippen molar-refractivity contribution in [1.82, 2.24) is 10.2 Å². The molecule has 2 fully saturated rings. The number of rotatable bonds is 5. The van der Waals surface area contributed by atoms with Crippen LogP contribution in [0, 0.1) is 0 Å². The fourth-order valence-corrected chi connectivity index (χ4v) is 3.91. The van der Waals surface area contributed by atoms with Crippen LogP contribution < -0.4 is 5.32 Å². The van der Waals surface area contributed by atoms with E-state index in [1.165, 1.54) is 7.11 Å². The molecule has 0 aromatic heterocycles. The molecule has 7 nitrogen and oxygen atoms in total. The number of benzene rings is 1. The summed E-state index contributed by atoms with van der Waals surface area (Å²) in [5.74, 6) is -0.210. The van der Waals surface area contributed by atoms with Crippen molar-refractivity contribution in [3.8, 4) is 0 Å². The fraction of sp³-hybridized carbons (Fsp3) is 0.600. The fourth-order valence-electron chi connectivity index (χ4n) is 3.91. The van der Waals surface area contributed by atoms with Crippen molar-refractivity contribution in [3.63, 3.8) is 0 Å². The molecule has 148 valence electrons. The largest absolute Gasteiger partial charge is 0.469 e. The molecule has 0 aliphatic carbocycles. The van der Waals surface area contributed by atoms with E-state index in [0.717, 1.165) is 12.0 Å². The number of fused-ring (bicyclic) bond motifs is 1. The Labute approximate surface area is 160 Å². The van der Waals surface area contributed by atoms with Gasteiger partial charge >= 0.3 is 12.1 Å². The van der Waals surface area contributed by atoms with E-state index in [1.807, 2.05) is 44.2 Å². The van der Waals surface area contributed by atoms with E-state index in [4.69, 9.17) is 14.2 Å². The molecule has 2 saturated heterocycles. The highest BCUT2D eigenvalue weighted by Crippen LogP contribution is 2.37. The zero-order valence-electron chi connectivity index (χ0n) is 16.1. The highest BCUT2D eigenvalue weighted by Gasteiger charge is 2.52. The second-order valence-corrected chi connectivity index (χ2v) is 7.54. The molecular weight excluding hydrogens is 348 g/mol. The third-order valence-electron chi connectivity index (χ3n) is 5.24. The van der Waals surface area contributed by atoms with Crippen LogP contribution in [0.5, 0.6) is 0 Å². The monoisotopic (exact) mass is 376 g/mol. The van der Waals surface area contributed by atoms with Crippen molar-refractivity contribution in [3.05, 3.63) is 35.9 Å². The lowest BCUT2D eigenvalue weighted by atomic mass is 9.94. The van der Waals surface area contributed by atoms with Crippen molar-refractivity contribution >= 4 is 12.1 Å². The summed E-state index contributed by atoms with van der Waals surface area (Å²) in [5.41, 5.74) is 0.215. The maximum atomic E-state index is 12.8. The maximum absolute atomic E-state index is 12.8. The summed E-state index contributed by atoms with van der Waals surface area (Å²) in [6.45, 7) is 4.62. The number of amides is 1. The Hall–Kier alpha value is -2.12. The van der Waals surface area contributed by atoms with Gasteiger partial charge in [0.05, 0.1) is 19.3 Å². The second-order valence-electron chi connectivity index (χ2n) is 7.54. The number of esters is 1. The number of carbonyl (C=O) groups excluding carboxylic acids is 2. The molecule has 2 aliphatic rings. The third-order valence-corrected chi connectivity index (χ3v) is 5.24. The van der Waals surface area contributed by atoms with E-state index in [-0.39, 0.29) is 36.9 Å². The van der Waals surface area contributed by atoms with E-state index < -0.39 is 5.72 Å². The van der Waals surface area contributed by atoms with Gasteiger partial charge in [0.25, 0.3) is 0 Å². The first-order valence-corrected chi connectivity index (χ1v) is 9.39. The summed E-state index contributed by atoms with van der Waals surface area (Å²) in [7, 11) is 1.40. The Bertz CT molecular complexity index is 664. The van der Waals surface area contributed by atoms with Gasteiger partial charge in [0.1, 0.15) is 12.3 Å². The molecule has 0 bridgehead atoms. The first kappa shape index (κ1) is 19.6. The summed E-state index contributed by atoms with van der Waals surface area (Å²) in [5, 5.41) is 3.43. The Morgan fingerprint density at radius 1 is 1.30 bits per heavy atom. The zero-order chi connectivity index (χ0) is 19.4. The summed E-state index contributed by atoms with van der Waals surface area (Å²) in [6.07, 6.45) is 1.36. The van der Waals surface area contributed by atoms with Gasteiger partial charge in [-0.2, -0.15) is 0 Å². The van der Waals surface area contributed by atoms with E-state index >= 15 is 0 Å². The molecule has 7 heteroatoms. The first-order chi connectivity index (χ1) is 12.9. The SMILES string of the molecule is COC(=O)CC[C@@H]1C[C@@H]2OC(C)(C)N(C(=O)OCc3ccccc3)[C@H]2CN1. The molecule has 0 unspecified atom stereocenters. The van der Waals surface area contributed by atoms with Crippen LogP contribution in [0.15, 0.2) is 30.3 Å². The zero-order valence-corrected chi connectivity index (χ0v) is 16.1. The lowest BCUT2D eigenvalue weighted by Gasteiger charge is -2.36. The molecule has 0 radical (unpaired) electrons. The van der Waals surface area contributed by atoms with Crippen LogP contribution in [-0.4, -0.2) is 54.5 Å². The number of nitrogens with zero attached hydrogens (tertiary/aromatic N) is 1. The van der Waals surface area contributed by atoms with Crippen LogP contribution in [-0.2, 0) is 25.6 Å². The molecule has 27 heavy (non-hydrogen) atoms. The van der Waals surface area contributed by atoms with Crippen LogP contribution in [0.2, 0.25) is 0 Å². The standard InChI is InChI=1S/C20H28N2O5/c1-20(2)22(19(24)26-13-14-7-5-4-6-8-14)16-12-21-15(11-17(16)27-20)9-10-18(23)25-3/h4-8,15-17,21H,9-13H2,1-3H3/t15-,16+,17+/m1/s1. The molecule has 0 saturated carbocycles. The molecule has 0 spiro atoms. The summed E-state index contributed by atoms with van der Waals surface area (Å²) < 4.78 is 16.4. The molecule has 1 amide bonds. The number of hydrogen-bond acceptors (Lipinski definition) is 6. The van der Waals surface area contributed by atoms with Crippen LogP contribution in [0.3, 0.4) is 0 Å². The lowest BCUT2D eigenvalue weighted by Crippen LogP contribution is -2.56. The minimum atomic E-state index is -0.734. The van der Waals surface area contributed by atoms with Gasteiger partial charge in [0.15, 0.2) is 0 Å². The Kier molecular flexibility index (Phi) is 6.01. The van der Waals surface area contributed by atoms with E-state index in [2.05, 4.69) is 5.32 Å². The van der Waals surface area contributed by atoms with Crippen molar-refractivity contribution < 1.29 is 23.8 Å². The first-order valence-electron chi connectivity index (χ1n) is 9.39. The molecule has 1 aromatic carbocycles. The quantitative estimate of drug-likeness (QED) is 0.796. The predicted molar refractivity (Wildman–Crippen MR) is 98.9 cm³/mol. The Morgan fingerprint density at radius 2 is 2.04 bits per heavy atom. The van der Waals surface area contributed by atoms with Crippen LogP contribution in [0.4, 0.5) is 4.79 Å². The topological polar surface area (TPSA) is 77.1 Å². The van der Waals surface area contributed by atoms with Crippen LogP contribution in [0.25, 0.3) is 0 Å². The second kappa shape index (κ2) is 8.27. The number of carbonyl (C=O) groups is 2. The maximum Gasteiger partial charge on any atom is 0.412 e. The van der Waals surface area contributed by atoms with Crippen LogP contribution >= 0.6 is 0 Å². The summed E-state index contributed by atoms with van der Waals surface area (Å²) in [4.78, 5) is 25.8. The van der Waals surface area contributed by atoms with Crippen molar-refractivity contribution in [2.75, 3.05) is 13.7 Å². The van der Waals surface area contributed by atoms with E-state index in [1.54, 1.807) is 4.90 Å². The van der Waals surface area contributed by atoms with Gasteiger partial charge in [-0.15, -0.1) is 0 Å². The van der Waals surface area contributed by atoms with Gasteiger partial charge in [0, 0.05) is 19.0 Å². The molecule has 3 rings (SSSR count). The molecule has 3 atom stereocenters. The van der Waals surface area contributed by atoms with Gasteiger partial charge in [0.2, 0.25) is 0 Å². The van der Waals surface area contributed by atoms with Crippen molar-refractivity contribution in [2.45, 2.75) is 63.6 Å².